The van der Waals surface area contributed by atoms with Gasteiger partial charge in [0.15, 0.2) is 23.2 Å². The Morgan fingerprint density at radius 2 is 1.66 bits per heavy atom. The Bertz CT molecular complexity index is 2910. The smallest absolute Gasteiger partial charge is 0.338 e. The van der Waals surface area contributed by atoms with Crippen molar-refractivity contribution in [1.29, 1.82) is 0 Å². The van der Waals surface area contributed by atoms with Crippen molar-refractivity contribution in [2.24, 2.45) is 11.3 Å². The number of aliphatic hydroxyl groups excluding tert-OH is 3. The molecule has 3 aromatic carbocycles. The highest BCUT2D eigenvalue weighted by molar-refractivity contribution is 6.97. The average Bonchev–Trinajstić information content (AvgIpc) is 3.37. The Balaban J connectivity index is 0.933. The van der Waals surface area contributed by atoms with Gasteiger partial charge < -0.3 is 44.3 Å². The number of anilines is 1. The second-order valence-electron chi connectivity index (χ2n) is 22.0. The molecule has 15 nitrogen and oxygen atoms in total. The molecule has 390 valence electrons. The van der Waals surface area contributed by atoms with E-state index < -0.39 is 110 Å². The van der Waals surface area contributed by atoms with Gasteiger partial charge in [0.2, 0.25) is 0 Å². The molecule has 74 heavy (non-hydrogen) atoms. The number of ketones is 2. The summed E-state index contributed by atoms with van der Waals surface area (Å²) in [6.45, 7) is 7.62. The number of hydrogen-bond acceptors (Lipinski definition) is 14. The lowest BCUT2D eigenvalue weighted by atomic mass is 9.48. The third kappa shape index (κ3) is 9.49. The number of nitrogens with zero attached hydrogens (tertiary/aromatic N) is 2. The molecular formula is C58H67N2O13Si+. The third-order valence-corrected chi connectivity index (χ3v) is 20.1. The summed E-state index contributed by atoms with van der Waals surface area (Å²) in [5.41, 5.74) is -0.668. The number of benzene rings is 3. The van der Waals surface area contributed by atoms with Gasteiger partial charge in [-0.15, -0.1) is 0 Å². The number of aliphatic hydroxyl groups is 4. The summed E-state index contributed by atoms with van der Waals surface area (Å²) in [5, 5.41) is 51.3. The molecule has 0 amide bonds. The van der Waals surface area contributed by atoms with E-state index in [-0.39, 0.29) is 42.8 Å². The van der Waals surface area contributed by atoms with E-state index in [1.54, 1.807) is 48.5 Å². The molecule has 2 bridgehead atoms. The second-order valence-corrected chi connectivity index (χ2v) is 26.3. The van der Waals surface area contributed by atoms with Crippen LogP contribution >= 0.6 is 0 Å². The van der Waals surface area contributed by atoms with E-state index in [0.29, 0.717) is 18.5 Å². The zero-order valence-corrected chi connectivity index (χ0v) is 44.0. The molecule has 2 aliphatic heterocycles. The Morgan fingerprint density at radius 1 is 0.959 bits per heavy atom. The maximum atomic E-state index is 14.7. The maximum absolute atomic E-state index is 14.7. The van der Waals surface area contributed by atoms with Crippen LogP contribution in [0.2, 0.25) is 13.1 Å². The van der Waals surface area contributed by atoms with E-state index in [4.69, 9.17) is 18.9 Å². The van der Waals surface area contributed by atoms with Gasteiger partial charge in [0.05, 0.1) is 29.6 Å². The fraction of sp³-hybridized carbons (Fsp3) is 0.448. The SMILES string of the molecule is CC(=O)OC12COC1CC(O)C1(C)C(=O)C(O)C3=CC(OC(=O)C(O)C(CC(=O)CCCN(C)c4ccc5c(c4)[Si](C)(C)C4=CC(=[N+](C)C)C=CC4=C5)c4ccccc4)CC(O)(C3)C(OC(=O)c3ccccc3)C21. The average molecular weight is 1030 g/mol. The molecule has 11 atom stereocenters. The number of fused-ring (bicyclic) bond motifs is 7. The van der Waals surface area contributed by atoms with Crippen molar-refractivity contribution in [3.05, 3.63) is 136 Å². The topological polar surface area (TPSA) is 209 Å². The first-order valence-corrected chi connectivity index (χ1v) is 28.5. The van der Waals surface area contributed by atoms with Gasteiger partial charge in [-0.2, -0.15) is 0 Å². The Hall–Kier alpha value is -6.14. The molecule has 0 radical (unpaired) electrons. The third-order valence-electron chi connectivity index (χ3n) is 16.6. The van der Waals surface area contributed by atoms with Crippen molar-refractivity contribution in [3.8, 4) is 0 Å². The minimum Gasteiger partial charge on any atom is -0.456 e. The quantitative estimate of drug-likeness (QED) is 0.0569. The van der Waals surface area contributed by atoms with Crippen molar-refractivity contribution in [3.63, 3.8) is 0 Å². The van der Waals surface area contributed by atoms with Crippen LogP contribution in [-0.4, -0.2) is 150 Å². The van der Waals surface area contributed by atoms with Gasteiger partial charge in [-0.3, -0.25) is 14.4 Å². The molecule has 11 unspecified atom stereocenters. The molecule has 3 aromatic rings. The van der Waals surface area contributed by atoms with Crippen LogP contribution < -0.4 is 10.1 Å². The number of carbonyl (C=O) groups excluding carboxylic acids is 5. The van der Waals surface area contributed by atoms with Crippen molar-refractivity contribution < 1.29 is 67.9 Å². The highest BCUT2D eigenvalue weighted by Gasteiger charge is 2.75. The number of allylic oxidation sites excluding steroid dienone is 5. The van der Waals surface area contributed by atoms with Crippen LogP contribution in [0.3, 0.4) is 0 Å². The summed E-state index contributed by atoms with van der Waals surface area (Å²) in [7, 11) is 4.04. The predicted molar refractivity (Wildman–Crippen MR) is 278 cm³/mol. The molecule has 1 saturated heterocycles. The standard InChI is InChI=1S/C58H67N2O13Si/c1-34(61)73-58-33-70-48(58)30-47(63)56(2)51(58)53(72-54(67)36-17-12-9-13-18-36)57(69)31-39(49(64)52(56)66)26-43(32-57)71-55(68)50(65)44(35-15-10-8-11-16-35)29-42(62)19-14-24-60(5)41-23-21-38-25-37-20-22-40(59(3)4)27-45(37)74(6,7)46(38)28-41/h8-13,15-18,20-23,25-28,43-44,47-51,53,63-65,69H,14,19,24,29-33H2,1-7H3/q+1. The molecule has 6 aliphatic rings. The summed E-state index contributed by atoms with van der Waals surface area (Å²) in [5.74, 6) is -6.36. The van der Waals surface area contributed by atoms with Crippen LogP contribution in [0, 0.1) is 11.3 Å². The first kappa shape index (κ1) is 52.7. The predicted octanol–water partition coefficient (Wildman–Crippen LogP) is 4.69. The number of carbonyl (C=O) groups is 5. The lowest BCUT2D eigenvalue weighted by Gasteiger charge is -2.65. The van der Waals surface area contributed by atoms with Gasteiger partial charge in [-0.05, 0) is 88.5 Å². The Morgan fingerprint density at radius 3 is 2.32 bits per heavy atom. The number of ether oxygens (including phenoxy) is 4. The Kier molecular flexibility index (Phi) is 14.4. The van der Waals surface area contributed by atoms with Crippen molar-refractivity contribution in [2.45, 2.75) is 119 Å². The fourth-order valence-corrected chi connectivity index (χ4v) is 15.5. The van der Waals surface area contributed by atoms with Crippen LogP contribution in [-0.2, 0) is 38.1 Å². The minimum atomic E-state index is -2.23. The van der Waals surface area contributed by atoms with Crippen LogP contribution in [0.25, 0.3) is 6.08 Å². The second kappa shape index (κ2) is 20.2. The van der Waals surface area contributed by atoms with Gasteiger partial charge in [0.25, 0.3) is 0 Å². The van der Waals surface area contributed by atoms with Gasteiger partial charge in [0, 0.05) is 76.4 Å². The van der Waals surface area contributed by atoms with E-state index in [1.807, 2.05) is 21.1 Å². The van der Waals surface area contributed by atoms with Gasteiger partial charge in [0.1, 0.15) is 58.0 Å². The first-order valence-electron chi connectivity index (χ1n) is 25.5. The van der Waals surface area contributed by atoms with Crippen LogP contribution in [0.15, 0.2) is 120 Å². The van der Waals surface area contributed by atoms with Crippen LogP contribution in [0.5, 0.6) is 0 Å². The largest absolute Gasteiger partial charge is 0.456 e. The Labute approximate surface area is 432 Å². The summed E-state index contributed by atoms with van der Waals surface area (Å²) < 4.78 is 26.2. The lowest BCUT2D eigenvalue weighted by Crippen LogP contribution is -2.80. The van der Waals surface area contributed by atoms with Crippen LogP contribution in [0.4, 0.5) is 5.69 Å². The van der Waals surface area contributed by atoms with E-state index in [0.717, 1.165) is 5.69 Å². The molecule has 4 aliphatic carbocycles. The molecule has 2 saturated carbocycles. The van der Waals surface area contributed by atoms with Crippen molar-refractivity contribution in [1.82, 2.24) is 0 Å². The fourth-order valence-electron chi connectivity index (χ4n) is 12.5. The summed E-state index contributed by atoms with van der Waals surface area (Å²) in [6.07, 6.45) is 0.210. The molecule has 0 spiro atoms. The normalized spacial score (nSPS) is 30.1. The maximum Gasteiger partial charge on any atom is 0.338 e. The van der Waals surface area contributed by atoms with Crippen LogP contribution in [0.1, 0.15) is 79.8 Å². The molecule has 16 heteroatoms. The monoisotopic (exact) mass is 1030 g/mol. The molecule has 4 N–H and O–H groups in total. The summed E-state index contributed by atoms with van der Waals surface area (Å²) in [4.78, 5) is 72.0. The molecule has 0 aromatic heterocycles. The van der Waals surface area contributed by atoms with E-state index in [2.05, 4.69) is 65.1 Å². The lowest BCUT2D eigenvalue weighted by molar-refractivity contribution is -0.462. The van der Waals surface area contributed by atoms with E-state index in [9.17, 15) is 44.4 Å². The first-order chi connectivity index (χ1) is 35.1. The van der Waals surface area contributed by atoms with Gasteiger partial charge in [-0.1, -0.05) is 67.7 Å². The summed E-state index contributed by atoms with van der Waals surface area (Å²) in [6, 6.07) is 23.1. The van der Waals surface area contributed by atoms with Crippen molar-refractivity contribution in [2.75, 3.05) is 39.2 Å². The molecule has 2 heterocycles. The number of rotatable bonds is 14. The summed E-state index contributed by atoms with van der Waals surface area (Å²) >= 11 is 0. The highest BCUT2D eigenvalue weighted by Crippen LogP contribution is 2.60. The molecular weight excluding hydrogens is 961 g/mol. The number of hydrogen-bond donors (Lipinski definition) is 4. The zero-order valence-electron chi connectivity index (χ0n) is 43.0. The molecule has 9 rings (SSSR count). The zero-order chi connectivity index (χ0) is 53.1. The number of esters is 3. The number of Topliss-reactive ketones (excluding diaryl/α,β-unsaturated/α-hetero) is 2. The van der Waals surface area contributed by atoms with Gasteiger partial charge >= 0.3 is 17.9 Å². The highest BCUT2D eigenvalue weighted by atomic mass is 28.3. The molecule has 3 fully saturated rings. The van der Waals surface area contributed by atoms with E-state index in [1.165, 1.54) is 59.3 Å². The minimum absolute atomic E-state index is 0.0691. The van der Waals surface area contributed by atoms with Crippen molar-refractivity contribution >= 4 is 60.2 Å². The van der Waals surface area contributed by atoms with E-state index >= 15 is 0 Å². The van der Waals surface area contributed by atoms with Gasteiger partial charge in [-0.25, -0.2) is 14.2 Å².